The molecule has 0 radical (unpaired) electrons. The third-order valence-corrected chi connectivity index (χ3v) is 12.2. The van der Waals surface area contributed by atoms with Gasteiger partial charge in [-0.2, -0.15) is 0 Å². The topological polar surface area (TPSA) is 0 Å². The van der Waals surface area contributed by atoms with Crippen LogP contribution in [0.1, 0.15) is 53.4 Å². The Morgan fingerprint density at radius 1 is 0.786 bits per heavy atom. The van der Waals surface area contributed by atoms with Gasteiger partial charge in [0, 0.05) is 0 Å². The van der Waals surface area contributed by atoms with E-state index in [0.717, 1.165) is 0 Å². The van der Waals surface area contributed by atoms with E-state index in [9.17, 15) is 0 Å². The second-order valence-corrected chi connectivity index (χ2v) is 13.3. The first-order valence-electron chi connectivity index (χ1n) is 6.26. The van der Waals surface area contributed by atoms with E-state index in [-0.39, 0.29) is 0 Å². The Labute approximate surface area is 95.5 Å². The van der Waals surface area contributed by atoms with Gasteiger partial charge in [0.1, 0.15) is 0 Å². The van der Waals surface area contributed by atoms with Crippen LogP contribution >= 0.6 is 17.2 Å². The Balaban J connectivity index is 4.44. The fraction of sp³-hybridized carbons (Fsp3) is 1.00. The summed E-state index contributed by atoms with van der Waals surface area (Å²) in [4.78, 5) is 0. The first kappa shape index (κ1) is 14.7. The van der Waals surface area contributed by atoms with Crippen LogP contribution in [0.4, 0.5) is 0 Å². The van der Waals surface area contributed by atoms with Crippen LogP contribution in [0, 0.1) is 0 Å². The third-order valence-electron chi connectivity index (χ3n) is 3.72. The number of rotatable bonds is 8. The molecule has 0 aliphatic rings. The molecule has 0 amide bonds. The Morgan fingerprint density at radius 2 is 1.14 bits per heavy atom. The van der Waals surface area contributed by atoms with Crippen LogP contribution in [-0.2, 0) is 0 Å². The number of hydrogen-bond donors (Lipinski definition) is 0. The zero-order valence-corrected chi connectivity index (χ0v) is 12.1. The van der Waals surface area contributed by atoms with E-state index in [0.29, 0.717) is 0 Å². The van der Waals surface area contributed by atoms with Crippen molar-refractivity contribution >= 4 is 17.2 Å². The number of halogens is 1. The molecule has 0 unspecified atom stereocenters. The molecule has 2 heteroatoms. The van der Waals surface area contributed by atoms with Crippen molar-refractivity contribution in [2.24, 2.45) is 0 Å². The summed E-state index contributed by atoms with van der Waals surface area (Å²) in [5.41, 5.74) is 0. The normalized spacial score (nSPS) is 15.1. The van der Waals surface area contributed by atoms with Crippen molar-refractivity contribution in [1.82, 2.24) is 0 Å². The molecule has 0 atom stereocenters. The summed E-state index contributed by atoms with van der Waals surface area (Å²) >= 11 is 7.05. The molecule has 0 aromatic rings. The molecule has 0 saturated carbocycles. The maximum atomic E-state index is 7.05. The van der Waals surface area contributed by atoms with Gasteiger partial charge < -0.3 is 0 Å². The van der Waals surface area contributed by atoms with Crippen molar-refractivity contribution in [3.05, 3.63) is 0 Å². The number of unbranched alkanes of at least 4 members (excludes halogenated alkanes) is 2. The summed E-state index contributed by atoms with van der Waals surface area (Å²) in [5, 5.41) is 0. The van der Waals surface area contributed by atoms with Gasteiger partial charge in [-0.25, -0.2) is 0 Å². The summed E-state index contributed by atoms with van der Waals surface area (Å²) in [6.07, 6.45) is 10.3. The predicted molar refractivity (Wildman–Crippen MR) is 73.4 cm³/mol. The molecule has 0 rings (SSSR count). The molecule has 0 aromatic heterocycles. The molecule has 0 spiro atoms. The van der Waals surface area contributed by atoms with Gasteiger partial charge in [-0.15, -0.1) is 0 Å². The third kappa shape index (κ3) is 4.07. The Morgan fingerprint density at radius 3 is 1.36 bits per heavy atom. The van der Waals surface area contributed by atoms with Gasteiger partial charge in [0.15, 0.2) is 0 Å². The van der Waals surface area contributed by atoms with E-state index in [4.69, 9.17) is 11.2 Å². The fourth-order valence-corrected chi connectivity index (χ4v) is 6.94. The summed E-state index contributed by atoms with van der Waals surface area (Å²) in [7, 11) is 0. The molecule has 14 heavy (non-hydrogen) atoms. The first-order chi connectivity index (χ1) is 6.54. The second kappa shape index (κ2) is 6.33. The number of hydrogen-bond acceptors (Lipinski definition) is 0. The van der Waals surface area contributed by atoms with E-state index in [1.165, 1.54) is 50.3 Å². The van der Waals surface area contributed by atoms with Crippen LogP contribution in [0.2, 0.25) is 0 Å². The van der Waals surface area contributed by atoms with Gasteiger partial charge in [0.2, 0.25) is 0 Å². The Hall–Kier alpha value is 0.720. The molecule has 0 heterocycles. The molecule has 0 bridgehead atoms. The minimum absolute atomic E-state index is 1.24. The van der Waals surface area contributed by atoms with E-state index >= 15 is 0 Å². The molecular weight excluding hydrogens is 211 g/mol. The summed E-state index contributed by atoms with van der Waals surface area (Å²) in [6, 6.07) is 0. The summed E-state index contributed by atoms with van der Waals surface area (Å²) < 4.78 is 0. The van der Waals surface area contributed by atoms with E-state index in [2.05, 4.69) is 27.7 Å². The quantitative estimate of drug-likeness (QED) is 0.501. The van der Waals surface area contributed by atoms with Crippen molar-refractivity contribution < 1.29 is 0 Å². The second-order valence-electron chi connectivity index (χ2n) is 4.61. The predicted octanol–water partition coefficient (Wildman–Crippen LogP) is 5.33. The van der Waals surface area contributed by atoms with Crippen LogP contribution in [0.25, 0.3) is 0 Å². The standard InChI is InChI=1S/C12H28ClP/c1-5-9-11-14(13,7-3,8-4)12-10-6-2/h5-12H2,1-4H3. The zero-order chi connectivity index (χ0) is 11.1. The molecule has 0 aromatic carbocycles. The van der Waals surface area contributed by atoms with Crippen molar-refractivity contribution in [3.8, 4) is 0 Å². The molecule has 0 saturated heterocycles. The Kier molecular flexibility index (Phi) is 6.66. The summed E-state index contributed by atoms with van der Waals surface area (Å²) in [6.45, 7) is 9.14. The maximum absolute atomic E-state index is 7.05. The average molecular weight is 239 g/mol. The van der Waals surface area contributed by atoms with Gasteiger partial charge in [-0.3, -0.25) is 0 Å². The van der Waals surface area contributed by atoms with E-state index in [1.807, 2.05) is 0 Å². The summed E-state index contributed by atoms with van der Waals surface area (Å²) in [5.74, 6) is -1.78. The van der Waals surface area contributed by atoms with Crippen molar-refractivity contribution in [3.63, 3.8) is 0 Å². The van der Waals surface area contributed by atoms with Gasteiger partial charge in [0.05, 0.1) is 0 Å². The molecule has 0 nitrogen and oxygen atoms in total. The van der Waals surface area contributed by atoms with E-state index in [1.54, 1.807) is 0 Å². The molecule has 0 N–H and O–H groups in total. The van der Waals surface area contributed by atoms with Gasteiger partial charge in [-0.1, -0.05) is 0 Å². The van der Waals surface area contributed by atoms with E-state index < -0.39 is 5.96 Å². The van der Waals surface area contributed by atoms with Crippen LogP contribution in [0.15, 0.2) is 0 Å². The Bertz CT molecular complexity index is 140. The fourth-order valence-electron chi connectivity index (χ4n) is 2.07. The molecule has 88 valence electrons. The zero-order valence-electron chi connectivity index (χ0n) is 10.5. The molecular formula is C12H28ClP. The van der Waals surface area contributed by atoms with Gasteiger partial charge in [0.25, 0.3) is 0 Å². The van der Waals surface area contributed by atoms with Crippen molar-refractivity contribution in [2.75, 3.05) is 24.6 Å². The van der Waals surface area contributed by atoms with Crippen molar-refractivity contribution in [1.29, 1.82) is 0 Å². The van der Waals surface area contributed by atoms with Gasteiger partial charge >= 0.3 is 95.2 Å². The molecule has 0 aliphatic carbocycles. The molecule has 0 aliphatic heterocycles. The van der Waals surface area contributed by atoms with Crippen LogP contribution in [0.3, 0.4) is 0 Å². The minimum atomic E-state index is -1.78. The first-order valence-corrected chi connectivity index (χ1v) is 10.1. The van der Waals surface area contributed by atoms with Crippen molar-refractivity contribution in [2.45, 2.75) is 53.4 Å². The molecule has 0 fully saturated rings. The van der Waals surface area contributed by atoms with Crippen LogP contribution < -0.4 is 0 Å². The monoisotopic (exact) mass is 238 g/mol. The van der Waals surface area contributed by atoms with Crippen LogP contribution in [-0.4, -0.2) is 24.6 Å². The average Bonchev–Trinajstić information content (AvgIpc) is 2.24. The van der Waals surface area contributed by atoms with Crippen LogP contribution in [0.5, 0.6) is 0 Å². The SMILES string of the molecule is CCCCP(Cl)(CC)(CC)CCCC. The van der Waals surface area contributed by atoms with Gasteiger partial charge in [-0.05, 0) is 0 Å².